The van der Waals surface area contributed by atoms with E-state index in [1.54, 1.807) is 24.4 Å². The molecule has 38 heavy (non-hydrogen) atoms. The molecule has 196 valence electrons. The van der Waals surface area contributed by atoms with E-state index in [1.165, 1.54) is 12.7 Å². The number of carboxylic acids is 1. The molecular formula is C31H30F2N2O3. The third-order valence-corrected chi connectivity index (χ3v) is 7.20. The fourth-order valence-electron chi connectivity index (χ4n) is 5.36. The third kappa shape index (κ3) is 5.24. The van der Waals surface area contributed by atoms with Gasteiger partial charge in [-0.05, 0) is 82.9 Å². The number of carboxylic acid groups (broad SMARTS) is 1. The summed E-state index contributed by atoms with van der Waals surface area (Å²) in [5, 5.41) is 9.54. The van der Waals surface area contributed by atoms with Crippen LogP contribution in [-0.2, 0) is 6.42 Å². The summed E-state index contributed by atoms with van der Waals surface area (Å²) in [7, 11) is 1.40. The molecule has 7 heteroatoms. The Balaban J connectivity index is 1.57. The number of allylic oxidation sites excluding steroid dienone is 1. The highest BCUT2D eigenvalue weighted by Crippen LogP contribution is 2.41. The number of aromatic carboxylic acids is 1. The van der Waals surface area contributed by atoms with Crippen LogP contribution in [0.5, 0.6) is 5.88 Å². The third-order valence-electron chi connectivity index (χ3n) is 7.20. The van der Waals surface area contributed by atoms with Gasteiger partial charge in [0.25, 0.3) is 5.88 Å². The Labute approximate surface area is 221 Å². The molecule has 1 N–H and O–H groups in total. The van der Waals surface area contributed by atoms with Gasteiger partial charge in [0.05, 0.1) is 19.3 Å². The monoisotopic (exact) mass is 516 g/mol. The lowest BCUT2D eigenvalue weighted by molar-refractivity contribution is 0.0696. The molecule has 0 bridgehead atoms. The molecule has 0 radical (unpaired) electrons. The molecule has 5 rings (SSSR count). The van der Waals surface area contributed by atoms with Crippen molar-refractivity contribution in [1.82, 2.24) is 9.88 Å². The van der Waals surface area contributed by atoms with Crippen molar-refractivity contribution in [2.45, 2.75) is 25.7 Å². The van der Waals surface area contributed by atoms with E-state index in [2.05, 4.69) is 28.1 Å². The molecule has 0 amide bonds. The maximum Gasteiger partial charge on any atom is 0.335 e. The fourth-order valence-corrected chi connectivity index (χ4v) is 5.36. The van der Waals surface area contributed by atoms with Crippen molar-refractivity contribution in [3.63, 3.8) is 0 Å². The number of nitrogens with zero attached hydrogens (tertiary/aromatic N) is 2. The number of halogens is 2. The molecule has 5 nitrogen and oxygen atoms in total. The maximum absolute atomic E-state index is 15.5. The minimum atomic E-state index is -0.968. The molecule has 1 aromatic heterocycles. The van der Waals surface area contributed by atoms with Gasteiger partial charge in [0.1, 0.15) is 0 Å². The second kappa shape index (κ2) is 11.3. The number of ether oxygens (including phenoxy) is 1. The van der Waals surface area contributed by atoms with Gasteiger partial charge < -0.3 is 9.84 Å². The molecule has 0 saturated carbocycles. The number of alkyl halides is 1. The Morgan fingerprint density at radius 3 is 2.61 bits per heavy atom. The van der Waals surface area contributed by atoms with Crippen LogP contribution >= 0.6 is 0 Å². The molecule has 0 spiro atoms. The van der Waals surface area contributed by atoms with E-state index in [0.717, 1.165) is 59.5 Å². The lowest BCUT2D eigenvalue weighted by Gasteiger charge is -2.33. The van der Waals surface area contributed by atoms with Gasteiger partial charge in [0, 0.05) is 31.4 Å². The number of hydrogen-bond acceptors (Lipinski definition) is 4. The number of rotatable bonds is 8. The summed E-state index contributed by atoms with van der Waals surface area (Å²) in [4.78, 5) is 17.9. The smallest absolute Gasteiger partial charge is 0.335 e. The van der Waals surface area contributed by atoms with E-state index >= 15 is 4.39 Å². The molecule has 1 aliphatic carbocycles. The van der Waals surface area contributed by atoms with E-state index in [4.69, 9.17) is 4.74 Å². The van der Waals surface area contributed by atoms with Crippen LogP contribution in [0.25, 0.3) is 17.2 Å². The normalized spacial score (nSPS) is 15.5. The van der Waals surface area contributed by atoms with Gasteiger partial charge in [-0.15, -0.1) is 0 Å². The summed E-state index contributed by atoms with van der Waals surface area (Å²) in [6, 6.07) is 15.0. The molecule has 1 aliphatic heterocycles. The van der Waals surface area contributed by atoms with Crippen LogP contribution in [-0.4, -0.2) is 54.4 Å². The molecule has 3 aromatic rings. The molecule has 2 heterocycles. The Morgan fingerprint density at radius 1 is 1.11 bits per heavy atom. The maximum atomic E-state index is 15.5. The van der Waals surface area contributed by atoms with Gasteiger partial charge in [0.15, 0.2) is 5.82 Å². The summed E-state index contributed by atoms with van der Waals surface area (Å²) < 4.78 is 33.0. The number of benzene rings is 2. The van der Waals surface area contributed by atoms with E-state index in [1.807, 2.05) is 18.2 Å². The van der Waals surface area contributed by atoms with Crippen LogP contribution in [0.2, 0.25) is 0 Å². The van der Waals surface area contributed by atoms with Gasteiger partial charge in [0.2, 0.25) is 0 Å². The lowest BCUT2D eigenvalue weighted by atomic mass is 9.87. The van der Waals surface area contributed by atoms with Crippen LogP contribution in [0.4, 0.5) is 8.78 Å². The first-order chi connectivity index (χ1) is 18.5. The molecule has 0 unspecified atom stereocenters. The first-order valence-corrected chi connectivity index (χ1v) is 12.8. The largest absolute Gasteiger partial charge is 0.479 e. The van der Waals surface area contributed by atoms with Gasteiger partial charge in [-0.2, -0.15) is 0 Å². The van der Waals surface area contributed by atoms with Crippen LogP contribution in [0.15, 0.2) is 60.3 Å². The van der Waals surface area contributed by atoms with Crippen LogP contribution in [0, 0.1) is 5.82 Å². The quantitative estimate of drug-likeness (QED) is 0.382. The fraction of sp³-hybridized carbons (Fsp3) is 0.290. The Bertz CT molecular complexity index is 1410. The molecule has 2 aliphatic rings. The van der Waals surface area contributed by atoms with Crippen LogP contribution in [0.1, 0.15) is 57.4 Å². The van der Waals surface area contributed by atoms with E-state index < -0.39 is 11.8 Å². The molecule has 2 aromatic carbocycles. The topological polar surface area (TPSA) is 62.7 Å². The summed E-state index contributed by atoms with van der Waals surface area (Å²) in [5.74, 6) is -1.52. The number of methoxy groups -OCH3 is 1. The minimum Gasteiger partial charge on any atom is -0.479 e. The highest BCUT2D eigenvalue weighted by Gasteiger charge is 2.24. The molecule has 1 saturated heterocycles. The number of likely N-dealkylation sites (tertiary alicyclic amines) is 1. The standard InChI is InChI=1S/C31H30F2N2O3/c1-38-30-29(33)27(12-14-34-30)26-5-2-4-23-17-24(31(36)37)10-11-25(23)28(26)22-8-6-20(7-9-22)16-21-18-35(19-21)15-3-13-32/h6-12,14,16-17H,2-5,13,15,18-19H2,1H3,(H,36,37). The van der Waals surface area contributed by atoms with E-state index in [9.17, 15) is 14.3 Å². The van der Waals surface area contributed by atoms with Crippen molar-refractivity contribution in [3.8, 4) is 5.88 Å². The van der Waals surface area contributed by atoms with Crippen molar-refractivity contribution < 1.29 is 23.4 Å². The zero-order valence-electron chi connectivity index (χ0n) is 21.3. The SMILES string of the molecule is COc1nccc(C2=C(c3ccc(C=C4CN(CCCF)C4)cc3)c3ccc(C(=O)O)cc3CCC2)c1F. The lowest BCUT2D eigenvalue weighted by Crippen LogP contribution is -2.40. The molecular weight excluding hydrogens is 486 g/mol. The summed E-state index contributed by atoms with van der Waals surface area (Å²) in [6.07, 6.45) is 6.35. The number of aromatic nitrogens is 1. The second-order valence-corrected chi connectivity index (χ2v) is 9.74. The molecule has 1 fully saturated rings. The van der Waals surface area contributed by atoms with Crippen molar-refractivity contribution in [2.75, 3.05) is 33.4 Å². The van der Waals surface area contributed by atoms with Crippen molar-refractivity contribution in [1.29, 1.82) is 0 Å². The highest BCUT2D eigenvalue weighted by molar-refractivity contribution is 6.01. The van der Waals surface area contributed by atoms with Crippen LogP contribution in [0.3, 0.4) is 0 Å². The summed E-state index contributed by atoms with van der Waals surface area (Å²) in [6.45, 7) is 2.22. The Kier molecular flexibility index (Phi) is 7.65. The number of carbonyl (C=O) groups is 1. The van der Waals surface area contributed by atoms with E-state index in [-0.39, 0.29) is 18.1 Å². The molecule has 0 atom stereocenters. The summed E-state index contributed by atoms with van der Waals surface area (Å²) >= 11 is 0. The average molecular weight is 517 g/mol. The Morgan fingerprint density at radius 2 is 1.89 bits per heavy atom. The van der Waals surface area contributed by atoms with Crippen molar-refractivity contribution in [2.24, 2.45) is 0 Å². The van der Waals surface area contributed by atoms with Gasteiger partial charge in [-0.1, -0.05) is 36.4 Å². The second-order valence-electron chi connectivity index (χ2n) is 9.74. The minimum absolute atomic E-state index is 0.0527. The highest BCUT2D eigenvalue weighted by atomic mass is 19.1. The first-order valence-electron chi connectivity index (χ1n) is 12.8. The Hall–Kier alpha value is -3.84. The van der Waals surface area contributed by atoms with Crippen LogP contribution < -0.4 is 4.74 Å². The first kappa shape index (κ1) is 25.8. The number of pyridine rings is 1. The van der Waals surface area contributed by atoms with Gasteiger partial charge >= 0.3 is 5.97 Å². The van der Waals surface area contributed by atoms with E-state index in [0.29, 0.717) is 24.8 Å². The zero-order valence-corrected chi connectivity index (χ0v) is 21.3. The van der Waals surface area contributed by atoms with Crippen molar-refractivity contribution >= 4 is 23.2 Å². The average Bonchev–Trinajstić information content (AvgIpc) is 3.09. The number of hydrogen-bond donors (Lipinski definition) is 1. The summed E-state index contributed by atoms with van der Waals surface area (Å²) in [5.41, 5.74) is 7.58. The number of fused-ring (bicyclic) bond motifs is 1. The predicted octanol–water partition coefficient (Wildman–Crippen LogP) is 6.28. The predicted molar refractivity (Wildman–Crippen MR) is 144 cm³/mol. The van der Waals surface area contributed by atoms with Gasteiger partial charge in [-0.3, -0.25) is 9.29 Å². The number of aryl methyl sites for hydroxylation is 1. The zero-order chi connectivity index (χ0) is 26.6. The van der Waals surface area contributed by atoms with Gasteiger partial charge in [-0.25, -0.2) is 14.2 Å². The van der Waals surface area contributed by atoms with Crippen molar-refractivity contribution in [3.05, 3.63) is 99.5 Å².